The second kappa shape index (κ2) is 15.1. The van der Waals surface area contributed by atoms with E-state index in [2.05, 4.69) is 25.7 Å². The Kier molecular flexibility index (Phi) is 12.1. The summed E-state index contributed by atoms with van der Waals surface area (Å²) in [5.41, 5.74) is 4.98. The highest BCUT2D eigenvalue weighted by molar-refractivity contribution is 7.89. The Labute approximate surface area is 255 Å². The lowest BCUT2D eigenvalue weighted by Crippen LogP contribution is -2.49. The maximum absolute atomic E-state index is 13.3. The van der Waals surface area contributed by atoms with Crippen LogP contribution >= 0.6 is 0 Å². The number of aryl methyl sites for hydroxylation is 2. The molecule has 2 N–H and O–H groups in total. The van der Waals surface area contributed by atoms with E-state index < -0.39 is 22.1 Å². The van der Waals surface area contributed by atoms with Crippen molar-refractivity contribution in [2.24, 2.45) is 5.73 Å². The van der Waals surface area contributed by atoms with Crippen molar-refractivity contribution < 1.29 is 40.4 Å². The van der Waals surface area contributed by atoms with E-state index >= 15 is 0 Å². The molecular weight excluding hydrogens is 607 g/mol. The Bertz CT molecular complexity index is 1370. The number of nitrogens with two attached hydrogens (primary N) is 1. The predicted molar refractivity (Wildman–Crippen MR) is 153 cm³/mol. The van der Waals surface area contributed by atoms with E-state index in [-0.39, 0.29) is 29.1 Å². The standard InChI is InChI=1S/C25H38N6O5S.C2H2F3NO/c1-19-16-21(35-4)17-20(2)23(19)37(33,34)28(3)18-22-26-24(36-27-22)25(32)31-14-12-30(13-15-31)11-7-10-29-8-5-6-9-29;3-2(4,5)1(6)7/h16-17H,5-15,18H2,1-4H3;(H2,6,7). The number of hydrogen-bond acceptors (Lipinski definition) is 10. The van der Waals surface area contributed by atoms with Crippen LogP contribution in [0.5, 0.6) is 5.75 Å². The number of halogens is 3. The van der Waals surface area contributed by atoms with Crippen LogP contribution in [0.1, 0.15) is 46.9 Å². The van der Waals surface area contributed by atoms with Crippen LogP contribution < -0.4 is 10.5 Å². The van der Waals surface area contributed by atoms with Crippen LogP contribution in [0.25, 0.3) is 0 Å². The van der Waals surface area contributed by atoms with Crippen molar-refractivity contribution in [3.63, 3.8) is 0 Å². The van der Waals surface area contributed by atoms with Gasteiger partial charge in [0.25, 0.3) is 0 Å². The number of alkyl halides is 3. The number of aromatic nitrogens is 2. The van der Waals surface area contributed by atoms with E-state index in [0.717, 1.165) is 36.9 Å². The second-order valence-corrected chi connectivity index (χ2v) is 12.7. The summed E-state index contributed by atoms with van der Waals surface area (Å²) in [5.74, 6) is -1.95. The summed E-state index contributed by atoms with van der Waals surface area (Å²) in [7, 11) is -0.823. The summed E-state index contributed by atoms with van der Waals surface area (Å²) >= 11 is 0. The number of piperazine rings is 1. The van der Waals surface area contributed by atoms with Gasteiger partial charge in [0.1, 0.15) is 5.75 Å². The number of methoxy groups -OCH3 is 1. The number of likely N-dealkylation sites (tertiary alicyclic amines) is 1. The third-order valence-electron chi connectivity index (χ3n) is 7.44. The second-order valence-electron chi connectivity index (χ2n) is 10.8. The van der Waals surface area contributed by atoms with Crippen molar-refractivity contribution >= 4 is 21.8 Å². The molecule has 0 bridgehead atoms. The van der Waals surface area contributed by atoms with Crippen molar-refractivity contribution in [3.05, 3.63) is 35.0 Å². The number of carbonyl (C=O) groups excluding carboxylic acids is 2. The molecule has 0 unspecified atom stereocenters. The summed E-state index contributed by atoms with van der Waals surface area (Å²) in [6.45, 7) is 10.8. The van der Waals surface area contributed by atoms with Gasteiger partial charge in [0.05, 0.1) is 18.6 Å². The van der Waals surface area contributed by atoms with Crippen LogP contribution in [0.2, 0.25) is 0 Å². The number of primary amides is 1. The normalized spacial score (nSPS) is 16.6. The lowest BCUT2D eigenvalue weighted by Gasteiger charge is -2.34. The van der Waals surface area contributed by atoms with Gasteiger partial charge >= 0.3 is 23.9 Å². The zero-order valence-corrected chi connectivity index (χ0v) is 26.2. The van der Waals surface area contributed by atoms with Gasteiger partial charge in [-0.3, -0.25) is 14.5 Å². The van der Waals surface area contributed by atoms with Crippen molar-refractivity contribution in [1.29, 1.82) is 0 Å². The molecule has 2 aromatic rings. The van der Waals surface area contributed by atoms with Gasteiger partial charge in [-0.2, -0.15) is 22.5 Å². The SMILES string of the molecule is COc1cc(C)c(S(=O)(=O)N(C)Cc2noc(C(=O)N3CCN(CCCN4CCCC4)CC3)n2)c(C)c1.NC(=O)C(F)(F)F. The van der Waals surface area contributed by atoms with Gasteiger partial charge in [-0.25, -0.2) is 8.42 Å². The first-order valence-electron chi connectivity index (χ1n) is 14.2. The maximum Gasteiger partial charge on any atom is 0.470 e. The molecule has 44 heavy (non-hydrogen) atoms. The third kappa shape index (κ3) is 9.36. The van der Waals surface area contributed by atoms with Gasteiger partial charge in [0, 0.05) is 33.2 Å². The quantitative estimate of drug-likeness (QED) is 0.404. The van der Waals surface area contributed by atoms with Gasteiger partial charge in [-0.15, -0.1) is 0 Å². The monoisotopic (exact) mass is 647 g/mol. The Morgan fingerprint density at radius 1 is 1.02 bits per heavy atom. The van der Waals surface area contributed by atoms with E-state index in [9.17, 15) is 26.4 Å². The molecule has 2 amide bonds. The molecular formula is C27H40F3N7O6S. The maximum atomic E-state index is 13.3. The Morgan fingerprint density at radius 2 is 1.55 bits per heavy atom. The molecule has 0 aliphatic carbocycles. The lowest BCUT2D eigenvalue weighted by molar-refractivity contribution is -0.169. The van der Waals surface area contributed by atoms with Gasteiger partial charge < -0.3 is 24.8 Å². The van der Waals surface area contributed by atoms with Crippen LogP contribution in [0.4, 0.5) is 13.2 Å². The Morgan fingerprint density at radius 3 is 2.05 bits per heavy atom. The largest absolute Gasteiger partial charge is 0.497 e. The third-order valence-corrected chi connectivity index (χ3v) is 9.55. The molecule has 2 fully saturated rings. The highest BCUT2D eigenvalue weighted by Gasteiger charge is 2.35. The van der Waals surface area contributed by atoms with Crippen molar-refractivity contribution in [1.82, 2.24) is 29.1 Å². The molecule has 0 saturated carbocycles. The molecule has 1 aromatic carbocycles. The fraction of sp³-hybridized carbons (Fsp3) is 0.630. The summed E-state index contributed by atoms with van der Waals surface area (Å²) in [4.78, 5) is 33.1. The Balaban J connectivity index is 0.000000676. The molecule has 17 heteroatoms. The average Bonchev–Trinajstić information content (AvgIpc) is 3.65. The highest BCUT2D eigenvalue weighted by atomic mass is 32.2. The molecule has 246 valence electrons. The number of ether oxygens (including phenoxy) is 1. The molecule has 1 aromatic heterocycles. The van der Waals surface area contributed by atoms with Crippen molar-refractivity contribution in [2.75, 3.05) is 66.5 Å². The number of sulfonamides is 1. The van der Waals surface area contributed by atoms with Crippen LogP contribution in [0.3, 0.4) is 0 Å². The van der Waals surface area contributed by atoms with Crippen LogP contribution in [-0.2, 0) is 21.4 Å². The first-order chi connectivity index (χ1) is 20.6. The number of hydrogen-bond donors (Lipinski definition) is 1. The summed E-state index contributed by atoms with van der Waals surface area (Å²) in [6, 6.07) is 3.37. The van der Waals surface area contributed by atoms with E-state index in [1.165, 1.54) is 33.0 Å². The topological polar surface area (TPSA) is 155 Å². The highest BCUT2D eigenvalue weighted by Crippen LogP contribution is 2.28. The predicted octanol–water partition coefficient (Wildman–Crippen LogP) is 1.79. The van der Waals surface area contributed by atoms with Gasteiger partial charge in [0.2, 0.25) is 10.0 Å². The van der Waals surface area contributed by atoms with E-state index in [1.54, 1.807) is 38.0 Å². The van der Waals surface area contributed by atoms with Gasteiger partial charge in [0.15, 0.2) is 5.82 Å². The first kappa shape index (κ1) is 35.2. The minimum absolute atomic E-state index is 0.111. The molecule has 2 aliphatic heterocycles. The average molecular weight is 648 g/mol. The molecule has 13 nitrogen and oxygen atoms in total. The molecule has 2 aliphatic rings. The number of benzene rings is 1. The van der Waals surface area contributed by atoms with Crippen molar-refractivity contribution in [3.8, 4) is 5.75 Å². The fourth-order valence-electron chi connectivity index (χ4n) is 5.11. The fourth-order valence-corrected chi connectivity index (χ4v) is 6.64. The summed E-state index contributed by atoms with van der Waals surface area (Å²) in [6.07, 6.45) is -1.09. The number of amides is 2. The number of carbonyl (C=O) groups is 2. The van der Waals surface area contributed by atoms with E-state index in [4.69, 9.17) is 14.1 Å². The minimum atomic E-state index is -4.86. The first-order valence-corrected chi connectivity index (χ1v) is 15.6. The number of nitrogens with zero attached hydrogens (tertiary/aromatic N) is 6. The summed E-state index contributed by atoms with van der Waals surface area (Å²) in [5, 5.41) is 3.87. The van der Waals surface area contributed by atoms with Crippen LogP contribution in [0.15, 0.2) is 21.6 Å². The molecule has 4 rings (SSSR count). The number of rotatable bonds is 10. The molecule has 2 saturated heterocycles. The smallest absolute Gasteiger partial charge is 0.470 e. The molecule has 0 atom stereocenters. The molecule has 3 heterocycles. The van der Waals surface area contributed by atoms with Crippen LogP contribution in [-0.4, -0.2) is 122 Å². The zero-order chi connectivity index (χ0) is 32.7. The van der Waals surface area contributed by atoms with Crippen LogP contribution in [0, 0.1) is 13.8 Å². The lowest BCUT2D eigenvalue weighted by atomic mass is 10.1. The van der Waals surface area contributed by atoms with E-state index in [1.807, 2.05) is 0 Å². The van der Waals surface area contributed by atoms with E-state index in [0.29, 0.717) is 30.0 Å². The van der Waals surface area contributed by atoms with Gasteiger partial charge in [-0.05, 0) is 82.5 Å². The molecule has 0 spiro atoms. The summed E-state index contributed by atoms with van der Waals surface area (Å²) < 4.78 is 70.2. The zero-order valence-electron chi connectivity index (χ0n) is 25.4. The minimum Gasteiger partial charge on any atom is -0.497 e. The van der Waals surface area contributed by atoms with Crippen molar-refractivity contribution in [2.45, 2.75) is 50.7 Å². The molecule has 0 radical (unpaired) electrons. The van der Waals surface area contributed by atoms with Gasteiger partial charge in [-0.1, -0.05) is 5.16 Å². The Hall–Kier alpha value is -3.28.